The topological polar surface area (TPSA) is 38.1 Å². The summed E-state index contributed by atoms with van der Waals surface area (Å²) in [5.41, 5.74) is 2.66. The zero-order valence-electron chi connectivity index (χ0n) is 12.4. The minimum atomic E-state index is -0.352. The molecular formula is C15H17Cl2N3O. The number of amides is 1. The van der Waals surface area contributed by atoms with Gasteiger partial charge in [0.05, 0.1) is 15.7 Å². The van der Waals surface area contributed by atoms with Crippen molar-refractivity contribution in [2.24, 2.45) is 0 Å². The summed E-state index contributed by atoms with van der Waals surface area (Å²) in [6.07, 6.45) is 1.86. The van der Waals surface area contributed by atoms with Gasteiger partial charge in [-0.3, -0.25) is 9.48 Å². The molecule has 2 aromatic rings. The molecule has 1 unspecified atom stereocenters. The van der Waals surface area contributed by atoms with Gasteiger partial charge in [0.25, 0.3) is 0 Å². The third-order valence-corrected chi connectivity index (χ3v) is 4.04. The van der Waals surface area contributed by atoms with Gasteiger partial charge in [-0.2, -0.15) is 5.10 Å². The Labute approximate surface area is 134 Å². The van der Waals surface area contributed by atoms with Gasteiger partial charge in [0, 0.05) is 25.9 Å². The quantitative estimate of drug-likeness (QED) is 0.860. The molecule has 4 nitrogen and oxygen atoms in total. The highest BCUT2D eigenvalue weighted by atomic mass is 35.5. The number of benzene rings is 1. The van der Waals surface area contributed by atoms with Crippen molar-refractivity contribution >= 4 is 29.1 Å². The maximum absolute atomic E-state index is 12.0. The maximum atomic E-state index is 12.0. The van der Waals surface area contributed by atoms with Crippen LogP contribution in [0.4, 0.5) is 0 Å². The van der Waals surface area contributed by atoms with Gasteiger partial charge in [0.1, 0.15) is 6.04 Å². The molecule has 0 spiro atoms. The zero-order valence-corrected chi connectivity index (χ0v) is 13.9. The Morgan fingerprint density at radius 1 is 1.29 bits per heavy atom. The van der Waals surface area contributed by atoms with Crippen molar-refractivity contribution in [3.05, 3.63) is 40.0 Å². The summed E-state index contributed by atoms with van der Waals surface area (Å²) in [5, 5.41) is 5.52. The van der Waals surface area contributed by atoms with Crippen molar-refractivity contribution in [2.75, 3.05) is 14.1 Å². The second-order valence-corrected chi connectivity index (χ2v) is 5.99. The molecule has 1 amide bonds. The van der Waals surface area contributed by atoms with E-state index in [1.807, 2.05) is 26.1 Å². The first-order valence-corrected chi connectivity index (χ1v) is 7.29. The van der Waals surface area contributed by atoms with Crippen molar-refractivity contribution in [1.29, 1.82) is 0 Å². The normalized spacial score (nSPS) is 12.3. The van der Waals surface area contributed by atoms with Gasteiger partial charge in [-0.25, -0.2) is 0 Å². The highest BCUT2D eigenvalue weighted by Crippen LogP contribution is 2.29. The van der Waals surface area contributed by atoms with Crippen LogP contribution in [0.5, 0.6) is 0 Å². The number of halogens is 2. The van der Waals surface area contributed by atoms with E-state index in [9.17, 15) is 4.79 Å². The van der Waals surface area contributed by atoms with Crippen LogP contribution < -0.4 is 0 Å². The largest absolute Gasteiger partial charge is 0.347 e. The monoisotopic (exact) mass is 325 g/mol. The predicted molar refractivity (Wildman–Crippen MR) is 85.8 cm³/mol. The predicted octanol–water partition coefficient (Wildman–Crippen LogP) is 3.81. The molecule has 0 N–H and O–H groups in total. The number of carbonyl (C=O) groups excluding carboxylic acids is 1. The molecule has 6 heteroatoms. The van der Waals surface area contributed by atoms with Crippen LogP contribution in [0.3, 0.4) is 0 Å². The summed E-state index contributed by atoms with van der Waals surface area (Å²) in [7, 11) is 3.46. The minimum absolute atomic E-state index is 0.00168. The zero-order chi connectivity index (χ0) is 15.7. The summed E-state index contributed by atoms with van der Waals surface area (Å²) in [5.74, 6) is -0.00168. The number of aromatic nitrogens is 2. The Balaban J connectivity index is 2.39. The van der Waals surface area contributed by atoms with Crippen LogP contribution in [0.25, 0.3) is 11.3 Å². The SMILES string of the molecule is Cc1cn(C(C)C(=O)N(C)C)nc1-c1ccc(Cl)c(Cl)c1. The lowest BCUT2D eigenvalue weighted by Crippen LogP contribution is -2.30. The van der Waals surface area contributed by atoms with Crippen molar-refractivity contribution in [1.82, 2.24) is 14.7 Å². The van der Waals surface area contributed by atoms with Crippen LogP contribution in [0.2, 0.25) is 10.0 Å². The van der Waals surface area contributed by atoms with E-state index in [4.69, 9.17) is 23.2 Å². The first-order valence-electron chi connectivity index (χ1n) is 6.53. The van der Waals surface area contributed by atoms with E-state index in [1.165, 1.54) is 0 Å². The lowest BCUT2D eigenvalue weighted by atomic mass is 10.1. The van der Waals surface area contributed by atoms with Gasteiger partial charge in [-0.15, -0.1) is 0 Å². The van der Waals surface area contributed by atoms with Crippen LogP contribution in [0.1, 0.15) is 18.5 Å². The second kappa shape index (κ2) is 6.08. The van der Waals surface area contributed by atoms with Gasteiger partial charge in [-0.1, -0.05) is 29.3 Å². The van der Waals surface area contributed by atoms with Crippen LogP contribution in [0.15, 0.2) is 24.4 Å². The Morgan fingerprint density at radius 3 is 2.52 bits per heavy atom. The molecule has 21 heavy (non-hydrogen) atoms. The van der Waals surface area contributed by atoms with Gasteiger partial charge >= 0.3 is 0 Å². The van der Waals surface area contributed by atoms with Gasteiger partial charge < -0.3 is 4.90 Å². The molecule has 1 aromatic heterocycles. The van der Waals surface area contributed by atoms with Crippen molar-refractivity contribution < 1.29 is 4.79 Å². The molecule has 0 bridgehead atoms. The Morgan fingerprint density at radius 2 is 1.95 bits per heavy atom. The fourth-order valence-corrected chi connectivity index (χ4v) is 2.39. The molecule has 0 aliphatic rings. The minimum Gasteiger partial charge on any atom is -0.347 e. The summed E-state index contributed by atoms with van der Waals surface area (Å²) in [6, 6.07) is 5.04. The molecule has 1 aromatic carbocycles. The number of nitrogens with zero attached hydrogens (tertiary/aromatic N) is 3. The van der Waals surface area contributed by atoms with E-state index in [-0.39, 0.29) is 11.9 Å². The molecule has 0 saturated carbocycles. The Bertz CT molecular complexity index is 680. The second-order valence-electron chi connectivity index (χ2n) is 5.18. The Kier molecular flexibility index (Phi) is 4.59. The van der Waals surface area contributed by atoms with E-state index < -0.39 is 0 Å². The highest BCUT2D eigenvalue weighted by molar-refractivity contribution is 6.42. The fraction of sp³-hybridized carbons (Fsp3) is 0.333. The molecule has 0 aliphatic heterocycles. The smallest absolute Gasteiger partial charge is 0.246 e. The van der Waals surface area contributed by atoms with E-state index in [0.29, 0.717) is 10.0 Å². The van der Waals surface area contributed by atoms with Crippen LogP contribution in [0, 0.1) is 6.92 Å². The van der Waals surface area contributed by atoms with E-state index >= 15 is 0 Å². The number of likely N-dealkylation sites (N-methyl/N-ethyl adjacent to an activating group) is 1. The number of hydrogen-bond donors (Lipinski definition) is 0. The summed E-state index contributed by atoms with van der Waals surface area (Å²) in [4.78, 5) is 13.6. The standard InChI is InChI=1S/C15H17Cl2N3O/c1-9-8-20(10(2)15(21)19(3)4)18-14(9)11-5-6-12(16)13(17)7-11/h5-8,10H,1-4H3. The summed E-state index contributed by atoms with van der Waals surface area (Å²) in [6.45, 7) is 3.78. The van der Waals surface area contributed by atoms with E-state index in [2.05, 4.69) is 5.10 Å². The first-order chi connectivity index (χ1) is 9.81. The lowest BCUT2D eigenvalue weighted by molar-refractivity contribution is -0.131. The van der Waals surface area contributed by atoms with Crippen molar-refractivity contribution in [3.63, 3.8) is 0 Å². The molecule has 1 atom stereocenters. The summed E-state index contributed by atoms with van der Waals surface area (Å²) < 4.78 is 1.68. The molecule has 112 valence electrons. The molecule has 2 rings (SSSR count). The molecular weight excluding hydrogens is 309 g/mol. The summed E-state index contributed by atoms with van der Waals surface area (Å²) >= 11 is 12.0. The lowest BCUT2D eigenvalue weighted by Gasteiger charge is -2.16. The molecule has 0 saturated heterocycles. The molecule has 0 radical (unpaired) electrons. The average Bonchev–Trinajstić information content (AvgIpc) is 2.82. The highest BCUT2D eigenvalue weighted by Gasteiger charge is 2.19. The Hall–Kier alpha value is -1.52. The van der Waals surface area contributed by atoms with E-state index in [0.717, 1.165) is 16.8 Å². The third-order valence-electron chi connectivity index (χ3n) is 3.30. The molecule has 0 fully saturated rings. The van der Waals surface area contributed by atoms with Gasteiger partial charge in [0.15, 0.2) is 0 Å². The molecule has 1 heterocycles. The van der Waals surface area contributed by atoms with Gasteiger partial charge in [-0.05, 0) is 31.5 Å². The van der Waals surface area contributed by atoms with Crippen molar-refractivity contribution in [2.45, 2.75) is 19.9 Å². The molecule has 0 aliphatic carbocycles. The van der Waals surface area contributed by atoms with Gasteiger partial charge in [0.2, 0.25) is 5.91 Å². The van der Waals surface area contributed by atoms with Crippen molar-refractivity contribution in [3.8, 4) is 11.3 Å². The number of aryl methyl sites for hydroxylation is 1. The van der Waals surface area contributed by atoms with E-state index in [1.54, 1.807) is 35.8 Å². The van der Waals surface area contributed by atoms with Crippen LogP contribution >= 0.6 is 23.2 Å². The first kappa shape index (κ1) is 15.9. The maximum Gasteiger partial charge on any atom is 0.246 e. The van der Waals surface area contributed by atoms with Crippen LogP contribution in [-0.4, -0.2) is 34.7 Å². The van der Waals surface area contributed by atoms with Crippen LogP contribution in [-0.2, 0) is 4.79 Å². The third kappa shape index (κ3) is 3.22. The number of hydrogen-bond acceptors (Lipinski definition) is 2. The number of carbonyl (C=O) groups is 1. The fourth-order valence-electron chi connectivity index (χ4n) is 2.10. The average molecular weight is 326 g/mol. The number of rotatable bonds is 3.